The maximum atomic E-state index is 13.0. The summed E-state index contributed by atoms with van der Waals surface area (Å²) >= 11 is 0. The predicted octanol–water partition coefficient (Wildman–Crippen LogP) is 1.02. The molecule has 1 aliphatic rings. The second-order valence-corrected chi connectivity index (χ2v) is 6.68. The van der Waals surface area contributed by atoms with Gasteiger partial charge >= 0.3 is 5.97 Å². The molecule has 2 rings (SSSR count). The summed E-state index contributed by atoms with van der Waals surface area (Å²) < 4.78 is 41.8. The van der Waals surface area contributed by atoms with Crippen molar-refractivity contribution >= 4 is 15.8 Å². The Hall–Kier alpha value is -1.63. The second-order valence-electron chi connectivity index (χ2n) is 4.45. The van der Waals surface area contributed by atoms with Gasteiger partial charge in [-0.05, 0) is 18.2 Å². The summed E-state index contributed by atoms with van der Waals surface area (Å²) in [4.78, 5) is 10.4. The first-order chi connectivity index (χ1) is 8.85. The highest BCUT2D eigenvalue weighted by Gasteiger charge is 2.28. The molecule has 1 aromatic carbocycles. The van der Waals surface area contributed by atoms with Crippen LogP contribution in [-0.2, 0) is 21.1 Å². The Morgan fingerprint density at radius 3 is 2.89 bits per heavy atom. The number of fused-ring (bicyclic) bond motifs is 1. The van der Waals surface area contributed by atoms with Gasteiger partial charge in [-0.2, -0.15) is 0 Å². The van der Waals surface area contributed by atoms with Gasteiger partial charge in [0.1, 0.15) is 17.7 Å². The standard InChI is InChI=1S/C12H13FO5S/c13-9-1-2-11-8(5-9)6-10(18-11)7-19(16,17)4-3-12(14)15/h1-2,5,10H,3-4,6-7H2,(H,14,15). The lowest BCUT2D eigenvalue weighted by Gasteiger charge is -2.10. The van der Waals surface area contributed by atoms with Gasteiger partial charge in [-0.1, -0.05) is 0 Å². The molecule has 104 valence electrons. The summed E-state index contributed by atoms with van der Waals surface area (Å²) in [6, 6.07) is 4.04. The number of rotatable bonds is 5. The maximum Gasteiger partial charge on any atom is 0.304 e. The highest BCUT2D eigenvalue weighted by atomic mass is 32.2. The number of halogens is 1. The Bertz CT molecular complexity index is 596. The van der Waals surface area contributed by atoms with Crippen LogP contribution in [0.15, 0.2) is 18.2 Å². The molecule has 0 spiro atoms. The van der Waals surface area contributed by atoms with Crippen LogP contribution in [0, 0.1) is 5.82 Å². The molecular weight excluding hydrogens is 275 g/mol. The van der Waals surface area contributed by atoms with Gasteiger partial charge in [-0.3, -0.25) is 4.79 Å². The third-order valence-electron chi connectivity index (χ3n) is 2.83. The highest BCUT2D eigenvalue weighted by molar-refractivity contribution is 7.91. The molecule has 1 N–H and O–H groups in total. The Kier molecular flexibility index (Phi) is 3.75. The van der Waals surface area contributed by atoms with E-state index in [1.54, 1.807) is 0 Å². The van der Waals surface area contributed by atoms with Gasteiger partial charge in [-0.25, -0.2) is 12.8 Å². The van der Waals surface area contributed by atoms with Gasteiger partial charge in [0.2, 0.25) is 0 Å². The lowest BCUT2D eigenvalue weighted by Crippen LogP contribution is -2.27. The zero-order chi connectivity index (χ0) is 14.0. The van der Waals surface area contributed by atoms with Gasteiger partial charge in [-0.15, -0.1) is 0 Å². The van der Waals surface area contributed by atoms with Gasteiger partial charge in [0, 0.05) is 12.0 Å². The summed E-state index contributed by atoms with van der Waals surface area (Å²) in [6.45, 7) is 0. The van der Waals surface area contributed by atoms with Crippen LogP contribution in [0.3, 0.4) is 0 Å². The van der Waals surface area contributed by atoms with Crippen LogP contribution >= 0.6 is 0 Å². The molecule has 0 radical (unpaired) electrons. The van der Waals surface area contributed by atoms with Crippen molar-refractivity contribution in [2.45, 2.75) is 18.9 Å². The monoisotopic (exact) mass is 288 g/mol. The molecule has 0 saturated carbocycles. The van der Waals surface area contributed by atoms with Crippen LogP contribution < -0.4 is 4.74 Å². The molecule has 0 amide bonds. The van der Waals surface area contributed by atoms with Crippen molar-refractivity contribution in [3.05, 3.63) is 29.6 Å². The maximum absolute atomic E-state index is 13.0. The molecule has 19 heavy (non-hydrogen) atoms. The van der Waals surface area contributed by atoms with Crippen LogP contribution in [0.4, 0.5) is 4.39 Å². The van der Waals surface area contributed by atoms with Crippen molar-refractivity contribution in [3.63, 3.8) is 0 Å². The minimum atomic E-state index is -3.49. The first kappa shape index (κ1) is 13.8. The van der Waals surface area contributed by atoms with Crippen molar-refractivity contribution in [2.24, 2.45) is 0 Å². The van der Waals surface area contributed by atoms with E-state index in [2.05, 4.69) is 0 Å². The Morgan fingerprint density at radius 2 is 2.21 bits per heavy atom. The Labute approximate surface area is 109 Å². The van der Waals surface area contributed by atoms with Crippen molar-refractivity contribution in [1.82, 2.24) is 0 Å². The molecule has 0 aliphatic carbocycles. The minimum Gasteiger partial charge on any atom is -0.489 e. The average molecular weight is 288 g/mol. The van der Waals surface area contributed by atoms with E-state index >= 15 is 0 Å². The van der Waals surface area contributed by atoms with Crippen LogP contribution in [0.5, 0.6) is 5.75 Å². The smallest absolute Gasteiger partial charge is 0.304 e. The number of ether oxygens (including phenoxy) is 1. The number of sulfone groups is 1. The molecule has 0 saturated heterocycles. The molecule has 7 heteroatoms. The summed E-state index contributed by atoms with van der Waals surface area (Å²) in [5.41, 5.74) is 0.637. The van der Waals surface area contributed by atoms with E-state index in [9.17, 15) is 17.6 Å². The summed E-state index contributed by atoms with van der Waals surface area (Å²) in [7, 11) is -3.49. The molecule has 1 aromatic rings. The van der Waals surface area contributed by atoms with E-state index in [1.165, 1.54) is 18.2 Å². The van der Waals surface area contributed by atoms with Crippen LogP contribution in [0.25, 0.3) is 0 Å². The lowest BCUT2D eigenvalue weighted by atomic mass is 10.1. The summed E-state index contributed by atoms with van der Waals surface area (Å²) in [5, 5.41) is 8.47. The molecule has 1 heterocycles. The number of carboxylic acids is 1. The van der Waals surface area contributed by atoms with Crippen molar-refractivity contribution in [1.29, 1.82) is 0 Å². The minimum absolute atomic E-state index is 0.253. The third-order valence-corrected chi connectivity index (χ3v) is 4.54. The number of carboxylic acid groups (broad SMARTS) is 1. The average Bonchev–Trinajstić information content (AvgIpc) is 2.67. The molecule has 5 nitrogen and oxygen atoms in total. The highest BCUT2D eigenvalue weighted by Crippen LogP contribution is 2.29. The van der Waals surface area contributed by atoms with E-state index in [4.69, 9.17) is 9.84 Å². The van der Waals surface area contributed by atoms with E-state index in [-0.39, 0.29) is 5.75 Å². The quantitative estimate of drug-likeness (QED) is 0.875. The molecule has 1 atom stereocenters. The fourth-order valence-corrected chi connectivity index (χ4v) is 3.40. The number of hydrogen-bond donors (Lipinski definition) is 1. The molecule has 0 bridgehead atoms. The normalized spacial score (nSPS) is 17.8. The molecular formula is C12H13FO5S. The number of benzene rings is 1. The van der Waals surface area contributed by atoms with Crippen molar-refractivity contribution < 1.29 is 27.4 Å². The zero-order valence-electron chi connectivity index (χ0n) is 10.0. The van der Waals surface area contributed by atoms with E-state index < -0.39 is 39.9 Å². The molecule has 0 fully saturated rings. The Morgan fingerprint density at radius 1 is 1.47 bits per heavy atom. The topological polar surface area (TPSA) is 80.7 Å². The molecule has 1 aliphatic heterocycles. The molecule has 1 unspecified atom stereocenters. The second kappa shape index (κ2) is 5.16. The van der Waals surface area contributed by atoms with Gasteiger partial charge < -0.3 is 9.84 Å². The zero-order valence-corrected chi connectivity index (χ0v) is 10.8. The summed E-state index contributed by atoms with van der Waals surface area (Å²) in [5.74, 6) is -1.72. The van der Waals surface area contributed by atoms with E-state index in [0.29, 0.717) is 17.7 Å². The first-order valence-corrected chi connectivity index (χ1v) is 7.55. The van der Waals surface area contributed by atoms with E-state index in [1.807, 2.05) is 0 Å². The van der Waals surface area contributed by atoms with Crippen molar-refractivity contribution in [2.75, 3.05) is 11.5 Å². The molecule has 0 aromatic heterocycles. The number of aliphatic carboxylic acids is 1. The predicted molar refractivity (Wildman–Crippen MR) is 65.4 cm³/mol. The fraction of sp³-hybridized carbons (Fsp3) is 0.417. The van der Waals surface area contributed by atoms with Crippen LogP contribution in [0.1, 0.15) is 12.0 Å². The SMILES string of the molecule is O=C(O)CCS(=O)(=O)CC1Cc2cc(F)ccc2O1. The fourth-order valence-electron chi connectivity index (χ4n) is 1.99. The van der Waals surface area contributed by atoms with Gasteiger partial charge in [0.05, 0.1) is 17.9 Å². The largest absolute Gasteiger partial charge is 0.489 e. The number of hydrogen-bond acceptors (Lipinski definition) is 4. The number of carbonyl (C=O) groups is 1. The van der Waals surface area contributed by atoms with Crippen molar-refractivity contribution in [3.8, 4) is 5.75 Å². The first-order valence-electron chi connectivity index (χ1n) is 5.73. The van der Waals surface area contributed by atoms with Crippen LogP contribution in [-0.4, -0.2) is 37.1 Å². The van der Waals surface area contributed by atoms with Gasteiger partial charge in [0.15, 0.2) is 9.84 Å². The Balaban J connectivity index is 1.98. The lowest BCUT2D eigenvalue weighted by molar-refractivity contribution is -0.136. The van der Waals surface area contributed by atoms with Crippen LogP contribution in [0.2, 0.25) is 0 Å². The third kappa shape index (κ3) is 3.66. The summed E-state index contributed by atoms with van der Waals surface area (Å²) in [6.07, 6.45) is -0.675. The van der Waals surface area contributed by atoms with Gasteiger partial charge in [0.25, 0.3) is 0 Å². The van der Waals surface area contributed by atoms with E-state index in [0.717, 1.165) is 0 Å².